The molecule has 2 aromatic heterocycles. The first kappa shape index (κ1) is 17.1. The average Bonchev–Trinajstić information content (AvgIpc) is 2.90. The van der Waals surface area contributed by atoms with Gasteiger partial charge in [0, 0.05) is 22.7 Å². The van der Waals surface area contributed by atoms with E-state index in [-0.39, 0.29) is 5.41 Å². The SMILES string of the molecule is Cc1ccc2c(n1)C(C)(C)c1c-2ccc(C)c1-c1c2ccccc2cc[n+]1C. The normalized spacial score (nSPS) is 14.2. The van der Waals surface area contributed by atoms with E-state index in [1.807, 2.05) is 0 Å². The lowest BCUT2D eigenvalue weighted by Gasteiger charge is -2.24. The Bertz CT molecular complexity index is 1270. The van der Waals surface area contributed by atoms with E-state index in [0.717, 1.165) is 5.69 Å². The Morgan fingerprint density at radius 1 is 0.857 bits per heavy atom. The molecule has 4 aromatic rings. The molecule has 0 fully saturated rings. The van der Waals surface area contributed by atoms with Gasteiger partial charge in [0.05, 0.1) is 16.6 Å². The lowest BCUT2D eigenvalue weighted by atomic mass is 9.79. The van der Waals surface area contributed by atoms with Crippen LogP contribution < -0.4 is 4.57 Å². The van der Waals surface area contributed by atoms with Gasteiger partial charge in [0.2, 0.25) is 5.69 Å². The third kappa shape index (κ3) is 2.21. The highest BCUT2D eigenvalue weighted by atomic mass is 14.9. The summed E-state index contributed by atoms with van der Waals surface area (Å²) in [5, 5.41) is 2.56. The molecule has 1 aliphatic rings. The minimum atomic E-state index is -0.137. The first-order valence-electron chi connectivity index (χ1n) is 9.90. The van der Waals surface area contributed by atoms with Crippen LogP contribution in [0.2, 0.25) is 0 Å². The number of pyridine rings is 2. The topological polar surface area (TPSA) is 16.8 Å². The number of nitrogens with zero attached hydrogens (tertiary/aromatic N) is 2. The molecule has 138 valence electrons. The highest BCUT2D eigenvalue weighted by Gasteiger charge is 2.41. The van der Waals surface area contributed by atoms with Gasteiger partial charge >= 0.3 is 0 Å². The van der Waals surface area contributed by atoms with Crippen molar-refractivity contribution in [1.29, 1.82) is 0 Å². The van der Waals surface area contributed by atoms with E-state index in [4.69, 9.17) is 4.98 Å². The van der Waals surface area contributed by atoms with Gasteiger partial charge in [-0.1, -0.05) is 50.2 Å². The number of aryl methyl sites for hydroxylation is 3. The van der Waals surface area contributed by atoms with Crippen LogP contribution in [0.15, 0.2) is 60.8 Å². The van der Waals surface area contributed by atoms with E-state index in [1.165, 1.54) is 50.0 Å². The van der Waals surface area contributed by atoms with E-state index in [1.54, 1.807) is 0 Å². The van der Waals surface area contributed by atoms with Gasteiger partial charge in [-0.3, -0.25) is 4.98 Å². The third-order valence-corrected chi connectivity index (χ3v) is 6.24. The highest BCUT2D eigenvalue weighted by molar-refractivity contribution is 5.97. The molecule has 0 atom stereocenters. The van der Waals surface area contributed by atoms with E-state index >= 15 is 0 Å². The largest absolute Gasteiger partial charge is 0.257 e. The van der Waals surface area contributed by atoms with Crippen molar-refractivity contribution in [3.8, 4) is 22.4 Å². The van der Waals surface area contributed by atoms with Crippen LogP contribution in [-0.4, -0.2) is 4.98 Å². The summed E-state index contributed by atoms with van der Waals surface area (Å²) in [5.74, 6) is 0. The zero-order valence-corrected chi connectivity index (χ0v) is 17.2. The van der Waals surface area contributed by atoms with Crippen molar-refractivity contribution < 1.29 is 4.57 Å². The van der Waals surface area contributed by atoms with Gasteiger partial charge in [0.1, 0.15) is 7.05 Å². The third-order valence-electron chi connectivity index (χ3n) is 6.24. The second-order valence-corrected chi connectivity index (χ2v) is 8.52. The summed E-state index contributed by atoms with van der Waals surface area (Å²) >= 11 is 0. The van der Waals surface area contributed by atoms with Crippen LogP contribution in [0.4, 0.5) is 0 Å². The molecule has 28 heavy (non-hydrogen) atoms. The van der Waals surface area contributed by atoms with Crippen LogP contribution in [-0.2, 0) is 12.5 Å². The summed E-state index contributed by atoms with van der Waals surface area (Å²) in [5.41, 5.74) is 10.1. The lowest BCUT2D eigenvalue weighted by molar-refractivity contribution is -0.659. The summed E-state index contributed by atoms with van der Waals surface area (Å²) in [6.07, 6.45) is 2.17. The molecule has 0 saturated heterocycles. The molecule has 0 spiro atoms. The van der Waals surface area contributed by atoms with E-state index in [0.29, 0.717) is 0 Å². The van der Waals surface area contributed by atoms with Crippen LogP contribution >= 0.6 is 0 Å². The maximum Gasteiger partial charge on any atom is 0.220 e. The predicted molar refractivity (Wildman–Crippen MR) is 115 cm³/mol. The van der Waals surface area contributed by atoms with Gasteiger partial charge in [-0.15, -0.1) is 0 Å². The molecule has 1 aliphatic carbocycles. The molecule has 0 N–H and O–H groups in total. The van der Waals surface area contributed by atoms with Gasteiger partial charge in [0.15, 0.2) is 6.20 Å². The number of hydrogen-bond acceptors (Lipinski definition) is 1. The molecular weight excluding hydrogens is 340 g/mol. The van der Waals surface area contributed by atoms with Crippen molar-refractivity contribution in [2.24, 2.45) is 7.05 Å². The zero-order valence-electron chi connectivity index (χ0n) is 17.2. The van der Waals surface area contributed by atoms with Crippen molar-refractivity contribution in [2.45, 2.75) is 33.1 Å². The fourth-order valence-corrected chi connectivity index (χ4v) is 4.88. The first-order chi connectivity index (χ1) is 13.4. The molecule has 0 aliphatic heterocycles. The van der Waals surface area contributed by atoms with Crippen LogP contribution in [0.3, 0.4) is 0 Å². The number of benzene rings is 2. The summed E-state index contributed by atoms with van der Waals surface area (Å²) in [4.78, 5) is 4.96. The molecule has 2 heterocycles. The first-order valence-corrected chi connectivity index (χ1v) is 9.90. The second-order valence-electron chi connectivity index (χ2n) is 8.52. The quantitative estimate of drug-likeness (QED) is 0.398. The molecule has 2 heteroatoms. The van der Waals surface area contributed by atoms with Gasteiger partial charge < -0.3 is 0 Å². The van der Waals surface area contributed by atoms with Crippen molar-refractivity contribution in [1.82, 2.24) is 4.98 Å². The lowest BCUT2D eigenvalue weighted by Crippen LogP contribution is -2.32. The van der Waals surface area contributed by atoms with Crippen LogP contribution in [0.5, 0.6) is 0 Å². The number of rotatable bonds is 1. The molecule has 5 rings (SSSR count). The predicted octanol–water partition coefficient (Wildman–Crippen LogP) is 5.65. The Kier molecular flexibility index (Phi) is 3.51. The maximum atomic E-state index is 4.96. The van der Waals surface area contributed by atoms with Gasteiger partial charge in [-0.2, -0.15) is 0 Å². The Hall–Kier alpha value is -3.00. The summed E-state index contributed by atoms with van der Waals surface area (Å²) in [7, 11) is 2.15. The fourth-order valence-electron chi connectivity index (χ4n) is 4.88. The summed E-state index contributed by atoms with van der Waals surface area (Å²) in [6.45, 7) is 8.95. The molecule has 0 unspecified atom stereocenters. The summed E-state index contributed by atoms with van der Waals surface area (Å²) in [6, 6.07) is 19.8. The van der Waals surface area contributed by atoms with E-state index in [9.17, 15) is 0 Å². The van der Waals surface area contributed by atoms with Crippen molar-refractivity contribution in [2.75, 3.05) is 0 Å². The monoisotopic (exact) mass is 365 g/mol. The standard InChI is InChI=1S/C26H25N2/c1-16-10-12-20-21-13-11-17(2)27-25(21)26(3,4)23(20)22(16)24-19-9-7-6-8-18(19)14-15-28(24)5/h6-15H,1-5H3/q+1. The molecule has 2 aromatic carbocycles. The molecule has 0 bridgehead atoms. The van der Waals surface area contributed by atoms with Gasteiger partial charge in [-0.25, -0.2) is 4.57 Å². The van der Waals surface area contributed by atoms with Crippen LogP contribution in [0, 0.1) is 13.8 Å². The Morgan fingerprint density at radius 3 is 2.43 bits per heavy atom. The van der Waals surface area contributed by atoms with Gasteiger partial charge in [-0.05, 0) is 48.1 Å². The number of aromatic nitrogens is 2. The molecule has 0 amide bonds. The van der Waals surface area contributed by atoms with Crippen molar-refractivity contribution >= 4 is 10.8 Å². The number of fused-ring (bicyclic) bond motifs is 4. The fraction of sp³-hybridized carbons (Fsp3) is 0.231. The maximum absolute atomic E-state index is 4.96. The van der Waals surface area contributed by atoms with Crippen molar-refractivity contribution in [3.05, 3.63) is 83.3 Å². The second kappa shape index (κ2) is 5.75. The van der Waals surface area contributed by atoms with Gasteiger partial charge in [0.25, 0.3) is 0 Å². The average molecular weight is 366 g/mol. The van der Waals surface area contributed by atoms with E-state index < -0.39 is 0 Å². The Balaban J connectivity index is 1.93. The molecule has 0 saturated carbocycles. The number of hydrogen-bond donors (Lipinski definition) is 0. The minimum absolute atomic E-state index is 0.137. The molecule has 0 radical (unpaired) electrons. The molecule has 2 nitrogen and oxygen atoms in total. The van der Waals surface area contributed by atoms with Crippen molar-refractivity contribution in [3.63, 3.8) is 0 Å². The molecular formula is C26H25N2+. The Labute approximate surface area is 166 Å². The zero-order chi connectivity index (χ0) is 19.6. The summed E-state index contributed by atoms with van der Waals surface area (Å²) < 4.78 is 2.27. The Morgan fingerprint density at radius 2 is 1.61 bits per heavy atom. The minimum Gasteiger partial charge on any atom is -0.257 e. The van der Waals surface area contributed by atoms with Crippen LogP contribution in [0.1, 0.15) is 36.4 Å². The van der Waals surface area contributed by atoms with E-state index in [2.05, 4.69) is 100 Å². The smallest absolute Gasteiger partial charge is 0.220 e. The highest BCUT2D eigenvalue weighted by Crippen LogP contribution is 2.52. The van der Waals surface area contributed by atoms with Crippen LogP contribution in [0.25, 0.3) is 33.2 Å².